The smallest absolute Gasteiger partial charge is 0.243 e. The maximum absolute atomic E-state index is 13.3. The third-order valence-electron chi connectivity index (χ3n) is 5.73. The number of hydrogen-bond donors (Lipinski definition) is 1. The summed E-state index contributed by atoms with van der Waals surface area (Å²) in [5.74, 6) is -0.345. The second-order valence-electron chi connectivity index (χ2n) is 8.78. The Bertz CT molecular complexity index is 1050. The second-order valence-corrected chi connectivity index (χ2v) is 10.8. The number of amides is 2. The Kier molecular flexibility index (Phi) is 10.3. The van der Waals surface area contributed by atoms with Gasteiger partial charge in [0.15, 0.2) is 0 Å². The number of carbonyl (C=O) groups excluding carboxylic acids is 2. The number of benzene rings is 2. The average Bonchev–Trinajstić information content (AvgIpc) is 2.80. The zero-order chi connectivity index (χ0) is 25.3. The third-order valence-corrected chi connectivity index (χ3v) is 7.60. The van der Waals surface area contributed by atoms with Gasteiger partial charge in [-0.2, -0.15) is 0 Å². The van der Waals surface area contributed by atoms with Gasteiger partial charge in [-0.3, -0.25) is 9.59 Å². The molecular formula is C26H37N3O4S. The quantitative estimate of drug-likeness (QED) is 0.494. The van der Waals surface area contributed by atoms with Crippen molar-refractivity contribution < 1.29 is 18.0 Å². The van der Waals surface area contributed by atoms with Gasteiger partial charge < -0.3 is 10.2 Å². The molecule has 34 heavy (non-hydrogen) atoms. The van der Waals surface area contributed by atoms with Crippen molar-refractivity contribution in [3.05, 3.63) is 65.7 Å². The topological polar surface area (TPSA) is 86.8 Å². The molecule has 1 N–H and O–H groups in total. The lowest BCUT2D eigenvalue weighted by atomic mass is 10.0. The molecule has 2 amide bonds. The van der Waals surface area contributed by atoms with E-state index in [0.29, 0.717) is 19.4 Å². The Morgan fingerprint density at radius 2 is 1.62 bits per heavy atom. The minimum atomic E-state index is -3.61. The van der Waals surface area contributed by atoms with Crippen LogP contribution >= 0.6 is 0 Å². The Morgan fingerprint density at radius 1 is 1.00 bits per heavy atom. The predicted molar refractivity (Wildman–Crippen MR) is 135 cm³/mol. The molecular weight excluding hydrogens is 450 g/mol. The van der Waals surface area contributed by atoms with E-state index in [-0.39, 0.29) is 35.7 Å². The van der Waals surface area contributed by atoms with Crippen molar-refractivity contribution in [2.45, 2.75) is 70.5 Å². The maximum Gasteiger partial charge on any atom is 0.243 e. The van der Waals surface area contributed by atoms with E-state index in [1.165, 1.54) is 11.4 Å². The maximum atomic E-state index is 13.3. The molecule has 0 aromatic heterocycles. The SMILES string of the molecule is CCC(C(=O)NC(C)C)N(Cc1ccccc1C)C(=O)CCCN(C)S(=O)(=O)c1ccccc1. The Morgan fingerprint density at radius 3 is 2.21 bits per heavy atom. The lowest BCUT2D eigenvalue weighted by Crippen LogP contribution is -2.50. The molecule has 0 aliphatic rings. The van der Waals surface area contributed by atoms with Gasteiger partial charge in [-0.25, -0.2) is 12.7 Å². The summed E-state index contributed by atoms with van der Waals surface area (Å²) in [5, 5.41) is 2.92. The van der Waals surface area contributed by atoms with Crippen LogP contribution in [-0.4, -0.2) is 55.1 Å². The largest absolute Gasteiger partial charge is 0.352 e. The average molecular weight is 488 g/mol. The summed E-state index contributed by atoms with van der Waals surface area (Å²) in [6, 6.07) is 15.4. The van der Waals surface area contributed by atoms with Crippen molar-refractivity contribution in [2.24, 2.45) is 0 Å². The first kappa shape index (κ1) is 27.5. The van der Waals surface area contributed by atoms with E-state index in [0.717, 1.165) is 11.1 Å². The highest BCUT2D eigenvalue weighted by Gasteiger charge is 2.29. The molecule has 0 saturated carbocycles. The summed E-state index contributed by atoms with van der Waals surface area (Å²) < 4.78 is 26.8. The van der Waals surface area contributed by atoms with Crippen LogP contribution in [0, 0.1) is 6.92 Å². The minimum absolute atomic E-state index is 0.0335. The van der Waals surface area contributed by atoms with Gasteiger partial charge in [-0.05, 0) is 56.9 Å². The van der Waals surface area contributed by atoms with E-state index in [4.69, 9.17) is 0 Å². The Balaban J connectivity index is 2.14. The Hall–Kier alpha value is -2.71. The van der Waals surface area contributed by atoms with Crippen LogP contribution in [0.2, 0.25) is 0 Å². The highest BCUT2D eigenvalue weighted by molar-refractivity contribution is 7.89. The van der Waals surface area contributed by atoms with Crippen LogP contribution in [0.25, 0.3) is 0 Å². The van der Waals surface area contributed by atoms with E-state index in [1.54, 1.807) is 35.2 Å². The number of carbonyl (C=O) groups is 2. The van der Waals surface area contributed by atoms with Crippen LogP contribution in [0.15, 0.2) is 59.5 Å². The normalized spacial score (nSPS) is 12.6. The third kappa shape index (κ3) is 7.40. The van der Waals surface area contributed by atoms with Crippen molar-refractivity contribution in [1.29, 1.82) is 0 Å². The first-order chi connectivity index (χ1) is 16.1. The summed E-state index contributed by atoms with van der Waals surface area (Å²) in [6.45, 7) is 8.19. The fourth-order valence-electron chi connectivity index (χ4n) is 3.76. The Labute approximate surface area is 204 Å². The van der Waals surface area contributed by atoms with Crippen LogP contribution in [-0.2, 0) is 26.2 Å². The molecule has 0 bridgehead atoms. The zero-order valence-electron chi connectivity index (χ0n) is 20.8. The highest BCUT2D eigenvalue weighted by Crippen LogP contribution is 2.18. The lowest BCUT2D eigenvalue weighted by molar-refractivity contribution is -0.141. The van der Waals surface area contributed by atoms with Gasteiger partial charge in [0, 0.05) is 32.6 Å². The van der Waals surface area contributed by atoms with E-state index < -0.39 is 16.1 Å². The fourth-order valence-corrected chi connectivity index (χ4v) is 4.99. The second kappa shape index (κ2) is 12.7. The van der Waals surface area contributed by atoms with Crippen molar-refractivity contribution in [3.63, 3.8) is 0 Å². The van der Waals surface area contributed by atoms with Crippen LogP contribution in [0.5, 0.6) is 0 Å². The monoisotopic (exact) mass is 487 g/mol. The first-order valence-electron chi connectivity index (χ1n) is 11.7. The number of hydrogen-bond acceptors (Lipinski definition) is 4. The van der Waals surface area contributed by atoms with Crippen LogP contribution in [0.1, 0.15) is 51.2 Å². The highest BCUT2D eigenvalue weighted by atomic mass is 32.2. The molecule has 8 heteroatoms. The summed E-state index contributed by atoms with van der Waals surface area (Å²) >= 11 is 0. The van der Waals surface area contributed by atoms with E-state index >= 15 is 0 Å². The fraction of sp³-hybridized carbons (Fsp3) is 0.462. The standard InChI is InChI=1S/C26H37N3O4S/c1-6-24(26(31)27-20(2)3)29(19-22-14-11-10-13-21(22)4)25(30)17-12-18-28(5)34(32,33)23-15-8-7-9-16-23/h7-11,13-16,20,24H,6,12,17-19H2,1-5H3,(H,27,31). The predicted octanol–water partition coefficient (Wildman–Crippen LogP) is 3.73. The number of nitrogens with zero attached hydrogens (tertiary/aromatic N) is 2. The molecule has 0 aliphatic carbocycles. The van der Waals surface area contributed by atoms with Gasteiger partial charge in [0.05, 0.1) is 4.90 Å². The summed E-state index contributed by atoms with van der Waals surface area (Å²) in [6.07, 6.45) is 0.984. The van der Waals surface area contributed by atoms with Gasteiger partial charge in [-0.1, -0.05) is 49.4 Å². The lowest BCUT2D eigenvalue weighted by Gasteiger charge is -2.32. The number of aryl methyl sites for hydroxylation is 1. The van der Waals surface area contributed by atoms with Crippen LogP contribution in [0.4, 0.5) is 0 Å². The van der Waals surface area contributed by atoms with Crippen molar-refractivity contribution in [3.8, 4) is 0 Å². The molecule has 186 valence electrons. The summed E-state index contributed by atoms with van der Waals surface area (Å²) in [4.78, 5) is 28.1. The van der Waals surface area contributed by atoms with Gasteiger partial charge in [0.25, 0.3) is 0 Å². The molecule has 2 aromatic carbocycles. The van der Waals surface area contributed by atoms with E-state index in [9.17, 15) is 18.0 Å². The molecule has 0 aliphatic heterocycles. The van der Waals surface area contributed by atoms with Crippen molar-refractivity contribution in [1.82, 2.24) is 14.5 Å². The molecule has 0 saturated heterocycles. The first-order valence-corrected chi connectivity index (χ1v) is 13.2. The van der Waals surface area contributed by atoms with Crippen molar-refractivity contribution >= 4 is 21.8 Å². The van der Waals surface area contributed by atoms with Gasteiger partial charge in [0.2, 0.25) is 21.8 Å². The molecule has 1 atom stereocenters. The molecule has 0 fully saturated rings. The minimum Gasteiger partial charge on any atom is -0.352 e. The molecule has 0 heterocycles. The summed E-state index contributed by atoms with van der Waals surface area (Å²) in [7, 11) is -2.10. The molecule has 0 radical (unpaired) electrons. The zero-order valence-corrected chi connectivity index (χ0v) is 21.6. The van der Waals surface area contributed by atoms with Crippen molar-refractivity contribution in [2.75, 3.05) is 13.6 Å². The molecule has 7 nitrogen and oxygen atoms in total. The summed E-state index contributed by atoms with van der Waals surface area (Å²) in [5.41, 5.74) is 2.03. The van der Waals surface area contributed by atoms with E-state index in [1.807, 2.05) is 52.0 Å². The molecule has 2 rings (SSSR count). The van der Waals surface area contributed by atoms with E-state index in [2.05, 4.69) is 5.32 Å². The number of rotatable bonds is 12. The number of nitrogens with one attached hydrogen (secondary N) is 1. The molecule has 1 unspecified atom stereocenters. The van der Waals surface area contributed by atoms with Gasteiger partial charge in [0.1, 0.15) is 6.04 Å². The van der Waals surface area contributed by atoms with Crippen LogP contribution in [0.3, 0.4) is 0 Å². The number of sulfonamides is 1. The molecule has 2 aromatic rings. The van der Waals surface area contributed by atoms with Crippen LogP contribution < -0.4 is 5.32 Å². The van der Waals surface area contributed by atoms with Gasteiger partial charge in [-0.15, -0.1) is 0 Å². The molecule has 0 spiro atoms. The van der Waals surface area contributed by atoms with Gasteiger partial charge >= 0.3 is 0 Å².